The highest BCUT2D eigenvalue weighted by molar-refractivity contribution is 6.07. The van der Waals surface area contributed by atoms with Crippen LogP contribution in [0, 0.1) is 47.3 Å². The normalized spacial score (nSPS) is 38.9. The van der Waals surface area contributed by atoms with Crippen molar-refractivity contribution in [2.24, 2.45) is 47.3 Å². The maximum absolute atomic E-state index is 13.3. The van der Waals surface area contributed by atoms with Crippen LogP contribution in [-0.2, 0) is 25.7 Å². The van der Waals surface area contributed by atoms with Crippen LogP contribution >= 0.6 is 0 Å². The van der Waals surface area contributed by atoms with Crippen molar-refractivity contribution in [2.45, 2.75) is 19.4 Å². The molecule has 4 bridgehead atoms. The molecule has 2 saturated heterocycles. The fourth-order valence-corrected chi connectivity index (χ4v) is 7.59. The molecule has 2 aliphatic heterocycles. The first kappa shape index (κ1) is 20.3. The standard InChI is InChI=1S/C27H27N3O4/c31-24-20-16-6-7-17(10-16)21(20)25(32)29(24)13-28(12-15-4-2-1-3-5-15)14-30-26(33)22-18-8-9-19(11-18)23(22)27(30)34/h1-9,16-23H,10-14H2/t16-,17-,18-,19-,20-,21-,22-,23+/m0/s1. The van der Waals surface area contributed by atoms with Crippen LogP contribution in [0.3, 0.4) is 0 Å². The van der Waals surface area contributed by atoms with E-state index < -0.39 is 0 Å². The molecule has 8 atom stereocenters. The first-order valence-corrected chi connectivity index (χ1v) is 12.3. The molecule has 0 N–H and O–H groups in total. The molecule has 7 nitrogen and oxygen atoms in total. The van der Waals surface area contributed by atoms with E-state index in [1.54, 1.807) is 0 Å². The minimum Gasteiger partial charge on any atom is -0.274 e. The van der Waals surface area contributed by atoms with Crippen molar-refractivity contribution in [3.8, 4) is 0 Å². The van der Waals surface area contributed by atoms with Crippen LogP contribution in [0.5, 0.6) is 0 Å². The summed E-state index contributed by atoms with van der Waals surface area (Å²) in [5.41, 5.74) is 1.00. The van der Waals surface area contributed by atoms with Crippen LogP contribution in [-0.4, -0.2) is 51.7 Å². The molecule has 6 aliphatic rings. The largest absolute Gasteiger partial charge is 0.274 e. The number of carbonyl (C=O) groups excluding carboxylic acids is 4. The van der Waals surface area contributed by atoms with Gasteiger partial charge in [0.15, 0.2) is 0 Å². The second-order valence-corrected chi connectivity index (χ2v) is 10.8. The highest BCUT2D eigenvalue weighted by Crippen LogP contribution is 2.53. The lowest BCUT2D eigenvalue weighted by atomic mass is 9.85. The number of nitrogens with zero attached hydrogens (tertiary/aromatic N) is 3. The fourth-order valence-electron chi connectivity index (χ4n) is 7.59. The van der Waals surface area contributed by atoms with Gasteiger partial charge < -0.3 is 0 Å². The third-order valence-corrected chi connectivity index (χ3v) is 9.06. The van der Waals surface area contributed by atoms with Crippen LogP contribution in [0.1, 0.15) is 18.4 Å². The zero-order chi connectivity index (χ0) is 23.1. The van der Waals surface area contributed by atoms with Crippen molar-refractivity contribution in [3.05, 3.63) is 60.2 Å². The Morgan fingerprint density at radius 3 is 1.38 bits per heavy atom. The zero-order valence-corrected chi connectivity index (χ0v) is 18.8. The zero-order valence-electron chi connectivity index (χ0n) is 18.8. The molecule has 34 heavy (non-hydrogen) atoms. The summed E-state index contributed by atoms with van der Waals surface area (Å²) in [7, 11) is 0. The van der Waals surface area contributed by atoms with Crippen molar-refractivity contribution < 1.29 is 19.2 Å². The van der Waals surface area contributed by atoms with E-state index in [0.717, 1.165) is 18.4 Å². The molecule has 0 radical (unpaired) electrons. The monoisotopic (exact) mass is 457 g/mol. The molecular formula is C27H27N3O4. The first-order chi connectivity index (χ1) is 16.5. The van der Waals surface area contributed by atoms with Gasteiger partial charge in [-0.2, -0.15) is 0 Å². The van der Waals surface area contributed by atoms with E-state index in [9.17, 15) is 19.2 Å². The van der Waals surface area contributed by atoms with Crippen molar-refractivity contribution in [3.63, 3.8) is 0 Å². The molecule has 4 fully saturated rings. The summed E-state index contributed by atoms with van der Waals surface area (Å²) in [6.45, 7) is 0.628. The van der Waals surface area contributed by atoms with Gasteiger partial charge >= 0.3 is 0 Å². The molecule has 1 aromatic rings. The number of likely N-dealkylation sites (tertiary alicyclic amines) is 2. The maximum Gasteiger partial charge on any atom is 0.234 e. The van der Waals surface area contributed by atoms with Gasteiger partial charge in [0.05, 0.1) is 37.0 Å². The Hall–Kier alpha value is -3.06. The average molecular weight is 458 g/mol. The Kier molecular flexibility index (Phi) is 4.31. The molecule has 1 aromatic carbocycles. The third-order valence-electron chi connectivity index (χ3n) is 9.06. The Morgan fingerprint density at radius 1 is 0.618 bits per heavy atom. The molecule has 0 unspecified atom stereocenters. The number of benzene rings is 1. The molecule has 0 aromatic heterocycles. The van der Waals surface area contributed by atoms with Gasteiger partial charge in [0.1, 0.15) is 0 Å². The summed E-state index contributed by atoms with van der Waals surface area (Å²) in [4.78, 5) is 57.8. The van der Waals surface area contributed by atoms with Crippen molar-refractivity contribution in [1.29, 1.82) is 0 Å². The highest BCUT2D eigenvalue weighted by atomic mass is 16.2. The van der Waals surface area contributed by atoms with E-state index in [1.807, 2.05) is 35.2 Å². The van der Waals surface area contributed by atoms with Crippen molar-refractivity contribution >= 4 is 23.6 Å². The van der Waals surface area contributed by atoms with Crippen LogP contribution in [0.25, 0.3) is 0 Å². The topological polar surface area (TPSA) is 78.0 Å². The van der Waals surface area contributed by atoms with Crippen LogP contribution in [0.4, 0.5) is 0 Å². The molecule has 4 amide bonds. The smallest absolute Gasteiger partial charge is 0.234 e. The summed E-state index contributed by atoms with van der Waals surface area (Å²) in [6, 6.07) is 9.77. The van der Waals surface area contributed by atoms with Crippen molar-refractivity contribution in [2.75, 3.05) is 13.3 Å². The van der Waals surface area contributed by atoms with Gasteiger partial charge in [-0.1, -0.05) is 54.6 Å². The van der Waals surface area contributed by atoms with Gasteiger partial charge in [-0.25, -0.2) is 0 Å². The Balaban J connectivity index is 1.14. The number of allylic oxidation sites excluding steroid dienone is 4. The number of hydrogen-bond donors (Lipinski definition) is 0. The van der Waals surface area contributed by atoms with E-state index in [0.29, 0.717) is 6.54 Å². The van der Waals surface area contributed by atoms with Gasteiger partial charge in [-0.05, 0) is 42.1 Å². The quantitative estimate of drug-likeness (QED) is 0.483. The van der Waals surface area contributed by atoms with Gasteiger partial charge in [0, 0.05) is 6.54 Å². The number of hydrogen-bond acceptors (Lipinski definition) is 5. The lowest BCUT2D eigenvalue weighted by Gasteiger charge is -2.31. The van der Waals surface area contributed by atoms with E-state index in [2.05, 4.69) is 24.3 Å². The number of imide groups is 2. The summed E-state index contributed by atoms with van der Waals surface area (Å²) in [5.74, 6) is -0.821. The molecule has 7 rings (SSSR count). The van der Waals surface area contributed by atoms with Gasteiger partial charge in [-0.15, -0.1) is 0 Å². The fraction of sp³-hybridized carbons (Fsp3) is 0.481. The Labute approximate surface area is 198 Å². The number of amides is 4. The number of carbonyl (C=O) groups is 4. The van der Waals surface area contributed by atoms with Crippen molar-refractivity contribution in [1.82, 2.24) is 14.7 Å². The molecule has 7 heteroatoms. The number of rotatable bonds is 6. The van der Waals surface area contributed by atoms with E-state index in [4.69, 9.17) is 0 Å². The number of fused-ring (bicyclic) bond motifs is 10. The predicted octanol–water partition coefficient (Wildman–Crippen LogP) is 2.02. The molecule has 2 saturated carbocycles. The summed E-state index contributed by atoms with van der Waals surface area (Å²) < 4.78 is 0. The first-order valence-electron chi connectivity index (χ1n) is 12.3. The van der Waals surface area contributed by atoms with Crippen LogP contribution < -0.4 is 0 Å². The molecule has 2 heterocycles. The lowest BCUT2D eigenvalue weighted by Crippen LogP contribution is -2.48. The molecule has 174 valence electrons. The Bertz CT molecular complexity index is 1030. The van der Waals surface area contributed by atoms with Crippen LogP contribution in [0.15, 0.2) is 54.6 Å². The minimum atomic E-state index is -0.253. The summed E-state index contributed by atoms with van der Waals surface area (Å²) >= 11 is 0. The average Bonchev–Trinajstić information content (AvgIpc) is 3.68. The second kappa shape index (κ2) is 7.22. The van der Waals surface area contributed by atoms with E-state index in [1.165, 1.54) is 9.80 Å². The maximum atomic E-state index is 13.3. The second-order valence-electron chi connectivity index (χ2n) is 10.8. The Morgan fingerprint density at radius 2 is 1.00 bits per heavy atom. The summed E-state index contributed by atoms with van der Waals surface area (Å²) in [6.07, 6.45) is 10.1. The van der Waals surface area contributed by atoms with Gasteiger partial charge in [0.25, 0.3) is 0 Å². The van der Waals surface area contributed by atoms with Gasteiger partial charge in [0.2, 0.25) is 23.6 Å². The molecule has 4 aliphatic carbocycles. The van der Waals surface area contributed by atoms with Crippen LogP contribution in [0.2, 0.25) is 0 Å². The van der Waals surface area contributed by atoms with E-state index >= 15 is 0 Å². The molecule has 0 spiro atoms. The van der Waals surface area contributed by atoms with E-state index in [-0.39, 0.29) is 84.3 Å². The lowest BCUT2D eigenvalue weighted by molar-refractivity contribution is -0.146. The molecular weight excluding hydrogens is 430 g/mol. The SMILES string of the molecule is O=C1[C@@H]2[C@@H](C(=O)N1CN(Cc1ccccc1)CN1C(=O)[C@@H]3[C@H](C1=O)[C@H]1C=C[C@H]3C1)[C@H]1C=C[C@H]2C1. The van der Waals surface area contributed by atoms with Gasteiger partial charge in [-0.3, -0.25) is 33.9 Å². The predicted molar refractivity (Wildman–Crippen MR) is 121 cm³/mol. The summed E-state index contributed by atoms with van der Waals surface area (Å²) in [5, 5.41) is 0. The minimum absolute atomic E-state index is 0.0938. The highest BCUT2D eigenvalue weighted by Gasteiger charge is 2.61. The third kappa shape index (κ3) is 2.73.